The van der Waals surface area contributed by atoms with E-state index in [4.69, 9.17) is 18.9 Å². The minimum Gasteiger partial charge on any atom is -0.459 e. The molecule has 11 atom stereocenters. The molecule has 10 heteroatoms. The number of carbonyl (C=O) groups is 3. The normalized spacial score (nSPS) is 60.1. The summed E-state index contributed by atoms with van der Waals surface area (Å²) in [6, 6.07) is 0. The largest absolute Gasteiger partial charge is 0.459 e. The van der Waals surface area contributed by atoms with Crippen molar-refractivity contribution in [1.29, 1.82) is 0 Å². The van der Waals surface area contributed by atoms with Crippen molar-refractivity contribution in [1.82, 2.24) is 0 Å². The predicted octanol–water partition coefficient (Wildman–Crippen LogP) is -1.37. The Bertz CT molecular complexity index is 925. The van der Waals surface area contributed by atoms with Crippen LogP contribution in [-0.4, -0.2) is 75.1 Å². The van der Waals surface area contributed by atoms with E-state index in [1.165, 1.54) is 6.92 Å². The molecule has 3 N–H and O–H groups in total. The number of rotatable bonds is 0. The van der Waals surface area contributed by atoms with Gasteiger partial charge in [0.05, 0.1) is 22.9 Å². The highest BCUT2D eigenvalue weighted by Crippen LogP contribution is 2.84. The molecule has 0 unspecified atom stereocenters. The van der Waals surface area contributed by atoms with Crippen LogP contribution in [0.2, 0.25) is 0 Å². The standard InChI is InChI=1S/C20H24O10/c1-6-12(23)27-7-5-17-11-8(21)9(16(2,3)4)18(17)10(22)13(24)29-15(18)30-20(17,14(25)28-11)19(6,7)26/h6-11,15,21-22,26H,5H2,1-4H3/t6-,7+,8-,9+,10+,11+,15+,17-,18+,19-,20+/m1/s1. The van der Waals surface area contributed by atoms with Crippen LogP contribution in [0, 0.1) is 28.1 Å². The van der Waals surface area contributed by atoms with E-state index in [1.54, 1.807) is 0 Å². The first-order valence-electron chi connectivity index (χ1n) is 10.2. The van der Waals surface area contributed by atoms with E-state index in [0.29, 0.717) is 0 Å². The third-order valence-electron chi connectivity index (χ3n) is 8.91. The van der Waals surface area contributed by atoms with Gasteiger partial charge in [0.25, 0.3) is 0 Å². The molecule has 0 amide bonds. The Hall–Kier alpha value is -1.75. The number of aliphatic hydroxyl groups is 3. The molecule has 4 saturated heterocycles. The summed E-state index contributed by atoms with van der Waals surface area (Å²) in [5, 5.41) is 34.4. The topological polar surface area (TPSA) is 149 Å². The number of hydrogen-bond donors (Lipinski definition) is 3. The number of fused-ring (bicyclic) bond motifs is 1. The summed E-state index contributed by atoms with van der Waals surface area (Å²) in [6.07, 6.45) is -6.73. The molecule has 0 bridgehead atoms. The molecule has 6 fully saturated rings. The van der Waals surface area contributed by atoms with Gasteiger partial charge in [-0.3, -0.25) is 4.79 Å². The molecular weight excluding hydrogens is 400 g/mol. The van der Waals surface area contributed by atoms with Gasteiger partial charge in [-0.25, -0.2) is 9.59 Å². The summed E-state index contributed by atoms with van der Waals surface area (Å²) in [4.78, 5) is 38.2. The molecule has 2 aliphatic carbocycles. The quantitative estimate of drug-likeness (QED) is 0.314. The summed E-state index contributed by atoms with van der Waals surface area (Å²) >= 11 is 0. The first-order valence-corrected chi connectivity index (χ1v) is 10.2. The molecule has 0 aromatic rings. The van der Waals surface area contributed by atoms with Crippen LogP contribution < -0.4 is 0 Å². The SMILES string of the molecule is C[C@@H]1C(=O)O[C@H]2C[C@]34[C@H]5OC(=O)[C@@]3(O[C@@H]3OC(=O)[C@H](O)[C@@]34[C@H](C(C)(C)C)[C@H]5O)[C@]21O. The molecule has 10 nitrogen and oxygen atoms in total. The summed E-state index contributed by atoms with van der Waals surface area (Å²) < 4.78 is 22.6. The van der Waals surface area contributed by atoms with Crippen LogP contribution in [0.1, 0.15) is 34.1 Å². The lowest BCUT2D eigenvalue weighted by Gasteiger charge is -2.46. The van der Waals surface area contributed by atoms with E-state index in [1.807, 2.05) is 20.8 Å². The molecule has 6 rings (SSSR count). The van der Waals surface area contributed by atoms with Crippen molar-refractivity contribution in [2.24, 2.45) is 28.1 Å². The van der Waals surface area contributed by atoms with Crippen LogP contribution in [0.15, 0.2) is 0 Å². The van der Waals surface area contributed by atoms with Crippen LogP contribution in [0.3, 0.4) is 0 Å². The zero-order valence-electron chi connectivity index (χ0n) is 16.9. The van der Waals surface area contributed by atoms with Gasteiger partial charge in [-0.2, -0.15) is 0 Å². The zero-order chi connectivity index (χ0) is 21.8. The van der Waals surface area contributed by atoms with E-state index in [0.717, 1.165) is 0 Å². The lowest BCUT2D eigenvalue weighted by molar-refractivity contribution is -0.239. The van der Waals surface area contributed by atoms with E-state index in [2.05, 4.69) is 0 Å². The van der Waals surface area contributed by atoms with Crippen LogP contribution in [0.4, 0.5) is 0 Å². The third kappa shape index (κ3) is 1.35. The lowest BCUT2D eigenvalue weighted by atomic mass is 9.51. The summed E-state index contributed by atoms with van der Waals surface area (Å²) in [6.45, 7) is 6.97. The van der Waals surface area contributed by atoms with Crippen molar-refractivity contribution in [3.63, 3.8) is 0 Å². The minimum atomic E-state index is -2.12. The zero-order valence-corrected chi connectivity index (χ0v) is 16.9. The smallest absolute Gasteiger partial charge is 0.342 e. The Labute approximate surface area is 171 Å². The van der Waals surface area contributed by atoms with Gasteiger partial charge in [-0.1, -0.05) is 20.8 Å². The molecule has 6 aliphatic rings. The van der Waals surface area contributed by atoms with Gasteiger partial charge in [-0.15, -0.1) is 0 Å². The van der Waals surface area contributed by atoms with Crippen LogP contribution in [-0.2, 0) is 33.3 Å². The molecular formula is C20H24O10. The number of carbonyl (C=O) groups excluding carboxylic acids is 3. The summed E-state index contributed by atoms with van der Waals surface area (Å²) in [5.41, 5.74) is -7.95. The minimum absolute atomic E-state index is 0.107. The maximum absolute atomic E-state index is 13.4. The van der Waals surface area contributed by atoms with Crippen LogP contribution in [0.25, 0.3) is 0 Å². The van der Waals surface area contributed by atoms with Gasteiger partial charge < -0.3 is 34.3 Å². The third-order valence-corrected chi connectivity index (χ3v) is 8.91. The fourth-order valence-corrected chi connectivity index (χ4v) is 8.22. The Morgan fingerprint density at radius 3 is 2.33 bits per heavy atom. The highest BCUT2D eigenvalue weighted by atomic mass is 16.8. The average molecular weight is 424 g/mol. The number of aliphatic hydroxyl groups excluding tert-OH is 2. The van der Waals surface area contributed by atoms with Crippen molar-refractivity contribution in [2.75, 3.05) is 0 Å². The van der Waals surface area contributed by atoms with Crippen molar-refractivity contribution >= 4 is 17.9 Å². The second kappa shape index (κ2) is 4.69. The van der Waals surface area contributed by atoms with Crippen molar-refractivity contribution in [3.05, 3.63) is 0 Å². The average Bonchev–Trinajstić information content (AvgIpc) is 3.32. The van der Waals surface area contributed by atoms with Crippen molar-refractivity contribution in [2.45, 2.75) is 76.0 Å². The van der Waals surface area contributed by atoms with Gasteiger partial charge in [0.1, 0.15) is 12.2 Å². The van der Waals surface area contributed by atoms with E-state index in [-0.39, 0.29) is 6.42 Å². The number of hydrogen-bond acceptors (Lipinski definition) is 10. The Morgan fingerprint density at radius 2 is 1.70 bits per heavy atom. The molecule has 164 valence electrons. The van der Waals surface area contributed by atoms with Gasteiger partial charge >= 0.3 is 17.9 Å². The summed E-state index contributed by atoms with van der Waals surface area (Å²) in [5.74, 6) is -4.43. The van der Waals surface area contributed by atoms with Crippen LogP contribution >= 0.6 is 0 Å². The van der Waals surface area contributed by atoms with E-state index < -0.39 is 87.9 Å². The fraction of sp³-hybridized carbons (Fsp3) is 0.850. The second-order valence-electron chi connectivity index (χ2n) is 10.7. The van der Waals surface area contributed by atoms with Crippen molar-refractivity contribution in [3.8, 4) is 0 Å². The first-order chi connectivity index (χ1) is 13.8. The molecule has 0 aromatic heterocycles. The number of ether oxygens (including phenoxy) is 4. The maximum atomic E-state index is 13.4. The molecule has 2 spiro atoms. The molecule has 2 saturated carbocycles. The lowest BCUT2D eigenvalue weighted by Crippen LogP contribution is -2.66. The molecule has 0 radical (unpaired) electrons. The second-order valence-corrected chi connectivity index (χ2v) is 10.7. The monoisotopic (exact) mass is 424 g/mol. The Kier molecular flexibility index (Phi) is 2.97. The van der Waals surface area contributed by atoms with Gasteiger partial charge in [-0.05, 0) is 12.3 Å². The van der Waals surface area contributed by atoms with E-state index >= 15 is 0 Å². The van der Waals surface area contributed by atoms with Crippen molar-refractivity contribution < 1.29 is 48.7 Å². The van der Waals surface area contributed by atoms with Gasteiger partial charge in [0.2, 0.25) is 11.9 Å². The van der Waals surface area contributed by atoms with Gasteiger partial charge in [0, 0.05) is 12.3 Å². The summed E-state index contributed by atoms with van der Waals surface area (Å²) in [7, 11) is 0. The maximum Gasteiger partial charge on any atom is 0.342 e. The van der Waals surface area contributed by atoms with E-state index in [9.17, 15) is 29.7 Å². The Morgan fingerprint density at radius 1 is 1.03 bits per heavy atom. The molecule has 30 heavy (non-hydrogen) atoms. The molecule has 4 aliphatic heterocycles. The first kappa shape index (κ1) is 19.0. The van der Waals surface area contributed by atoms with Crippen LogP contribution in [0.5, 0.6) is 0 Å². The van der Waals surface area contributed by atoms with Gasteiger partial charge in [0.15, 0.2) is 11.7 Å². The fourth-order valence-electron chi connectivity index (χ4n) is 8.22. The highest BCUT2D eigenvalue weighted by molar-refractivity contribution is 5.93. The molecule has 0 aromatic carbocycles. The highest BCUT2D eigenvalue weighted by Gasteiger charge is 3.02. The predicted molar refractivity (Wildman–Crippen MR) is 92.0 cm³/mol. The molecule has 4 heterocycles. The Balaban J connectivity index is 1.71. The number of esters is 3.